The molecule has 0 fully saturated rings. The van der Waals surface area contributed by atoms with Gasteiger partial charge in [-0.3, -0.25) is 0 Å². The molecule has 16 aromatic carbocycles. The van der Waals surface area contributed by atoms with Gasteiger partial charge in [0.15, 0.2) is 22.8 Å². The normalized spacial score (nSPS) is 11.7. The third-order valence-corrected chi connectivity index (χ3v) is 22.1. The van der Waals surface area contributed by atoms with Crippen molar-refractivity contribution in [2.75, 3.05) is 0 Å². The number of furan rings is 2. The Labute approximate surface area is 648 Å². The van der Waals surface area contributed by atoms with E-state index in [0.29, 0.717) is 22.8 Å². The van der Waals surface area contributed by atoms with E-state index in [4.69, 9.17) is 28.8 Å². The number of para-hydroxylation sites is 6. The highest BCUT2D eigenvalue weighted by molar-refractivity contribution is 6.14. The van der Waals surface area contributed by atoms with Crippen molar-refractivity contribution < 1.29 is 8.83 Å². The molecule has 528 valence electrons. The van der Waals surface area contributed by atoms with Crippen LogP contribution in [0.3, 0.4) is 0 Å². The van der Waals surface area contributed by atoms with E-state index in [-0.39, 0.29) is 0 Å². The zero-order valence-electron chi connectivity index (χ0n) is 61.0. The maximum atomic E-state index is 6.72. The highest BCUT2D eigenvalue weighted by atomic mass is 16.3. The quantitative estimate of drug-likeness (QED) is 0.143. The second-order valence-electron chi connectivity index (χ2n) is 28.8. The van der Waals surface area contributed by atoms with E-state index in [0.717, 1.165) is 117 Å². The Morgan fingerprint density at radius 1 is 0.186 bits per heavy atom. The molecule has 0 saturated carbocycles. The number of hydrogen-bond acceptors (Lipinski definition) is 6. The molecule has 0 spiro atoms. The molecule has 0 saturated heterocycles. The van der Waals surface area contributed by atoms with Gasteiger partial charge in [0.1, 0.15) is 33.6 Å². The van der Waals surface area contributed by atoms with Crippen LogP contribution in [0.4, 0.5) is 0 Å². The van der Waals surface area contributed by atoms with Crippen LogP contribution in [0, 0.1) is 0 Å². The van der Waals surface area contributed by atoms with Crippen molar-refractivity contribution in [2.24, 2.45) is 0 Å². The van der Waals surface area contributed by atoms with Crippen LogP contribution in [-0.2, 0) is 0 Å². The van der Waals surface area contributed by atoms with Crippen LogP contribution in [0.2, 0.25) is 0 Å². The fraction of sp³-hybridized carbons (Fsp3) is 0. The molecule has 7 heterocycles. The van der Waals surface area contributed by atoms with Crippen LogP contribution < -0.4 is 0 Å². The molecule has 113 heavy (non-hydrogen) atoms. The molecular formula is C104H65N7O2. The third-order valence-electron chi connectivity index (χ3n) is 22.1. The Bertz CT molecular complexity index is 7530. The Hall–Kier alpha value is -15.3. The summed E-state index contributed by atoms with van der Waals surface area (Å²) in [5.41, 5.74) is 24.4. The van der Waals surface area contributed by atoms with Gasteiger partial charge in [0, 0.05) is 82.4 Å². The summed E-state index contributed by atoms with van der Waals surface area (Å²) in [6.07, 6.45) is 0. The summed E-state index contributed by atoms with van der Waals surface area (Å²) < 4.78 is 20.5. The lowest BCUT2D eigenvalue weighted by Gasteiger charge is -2.16. The number of aromatic nitrogens is 7. The molecule has 7 aromatic heterocycles. The maximum Gasteiger partial charge on any atom is 0.180 e. The van der Waals surface area contributed by atoms with Gasteiger partial charge in [-0.25, -0.2) is 19.9 Å². The lowest BCUT2D eigenvalue weighted by molar-refractivity contribution is 0.667. The van der Waals surface area contributed by atoms with Crippen molar-refractivity contribution in [2.45, 2.75) is 0 Å². The predicted molar refractivity (Wildman–Crippen MR) is 467 cm³/mol. The Balaban J connectivity index is 0.000000138. The van der Waals surface area contributed by atoms with Crippen LogP contribution in [0.5, 0.6) is 0 Å². The van der Waals surface area contributed by atoms with Crippen LogP contribution in [0.1, 0.15) is 0 Å². The number of nitrogens with zero attached hydrogens (tertiary/aromatic N) is 7. The van der Waals surface area contributed by atoms with E-state index in [1.165, 1.54) is 76.2 Å². The molecule has 0 aliphatic rings. The van der Waals surface area contributed by atoms with Crippen molar-refractivity contribution >= 4 is 131 Å². The third kappa shape index (κ3) is 11.1. The second-order valence-corrected chi connectivity index (χ2v) is 28.8. The minimum absolute atomic E-state index is 0.649. The van der Waals surface area contributed by atoms with E-state index in [9.17, 15) is 0 Å². The van der Waals surface area contributed by atoms with Crippen LogP contribution in [-0.4, -0.2) is 33.6 Å². The van der Waals surface area contributed by atoms with Crippen molar-refractivity contribution in [1.82, 2.24) is 33.6 Å². The molecular weight excluding hydrogens is 1380 g/mol. The molecule has 0 bridgehead atoms. The topological polar surface area (TPSA) is 92.6 Å². The fourth-order valence-corrected chi connectivity index (χ4v) is 16.9. The second kappa shape index (κ2) is 26.8. The van der Waals surface area contributed by atoms with Gasteiger partial charge in [-0.05, 0) is 135 Å². The summed E-state index contributed by atoms with van der Waals surface area (Å²) in [7, 11) is 0. The summed E-state index contributed by atoms with van der Waals surface area (Å²) in [6.45, 7) is 0. The van der Waals surface area contributed by atoms with Crippen molar-refractivity contribution in [3.05, 3.63) is 394 Å². The van der Waals surface area contributed by atoms with Crippen LogP contribution in [0.25, 0.3) is 216 Å². The van der Waals surface area contributed by atoms with Gasteiger partial charge >= 0.3 is 0 Å². The van der Waals surface area contributed by atoms with Crippen LogP contribution in [0.15, 0.2) is 403 Å². The molecule has 0 N–H and O–H groups in total. The number of rotatable bonds is 9. The molecule has 0 atom stereocenters. The summed E-state index contributed by atoms with van der Waals surface area (Å²) in [6, 6.07) is 139. The summed E-state index contributed by atoms with van der Waals surface area (Å²) in [5, 5.41) is 14.0. The Morgan fingerprint density at radius 3 is 0.929 bits per heavy atom. The summed E-state index contributed by atoms with van der Waals surface area (Å²) >= 11 is 0. The number of hydrogen-bond donors (Lipinski definition) is 0. The molecule has 23 aromatic rings. The van der Waals surface area contributed by atoms with E-state index >= 15 is 0 Å². The highest BCUT2D eigenvalue weighted by Crippen LogP contribution is 2.44. The van der Waals surface area contributed by atoms with Gasteiger partial charge in [0.2, 0.25) is 0 Å². The lowest BCUT2D eigenvalue weighted by Crippen LogP contribution is -2.00. The van der Waals surface area contributed by atoms with Gasteiger partial charge in [0.05, 0.1) is 33.1 Å². The minimum Gasteiger partial charge on any atom is -0.452 e. The number of benzene rings is 15. The van der Waals surface area contributed by atoms with E-state index in [1.807, 2.05) is 54.6 Å². The first-order valence-corrected chi connectivity index (χ1v) is 38.2. The average molecular weight is 1440 g/mol. The average Bonchev–Trinajstić information content (AvgIpc) is 1.58. The molecule has 0 unspecified atom stereocenters. The first kappa shape index (κ1) is 64.8. The van der Waals surface area contributed by atoms with Gasteiger partial charge in [-0.1, -0.05) is 303 Å². The van der Waals surface area contributed by atoms with Crippen molar-refractivity contribution in [3.8, 4) is 84.6 Å². The Kier molecular flexibility index (Phi) is 15.4. The Morgan fingerprint density at radius 2 is 0.487 bits per heavy atom. The molecule has 23 rings (SSSR count). The van der Waals surface area contributed by atoms with Crippen molar-refractivity contribution in [1.29, 1.82) is 0 Å². The van der Waals surface area contributed by atoms with Gasteiger partial charge in [-0.2, -0.15) is 0 Å². The summed E-state index contributed by atoms with van der Waals surface area (Å²) in [4.78, 5) is 20.7. The van der Waals surface area contributed by atoms with Gasteiger partial charge in [0.25, 0.3) is 0 Å². The first-order chi connectivity index (χ1) is 56.0. The van der Waals surface area contributed by atoms with Crippen LogP contribution >= 0.6 is 0 Å². The fourth-order valence-electron chi connectivity index (χ4n) is 16.9. The maximum absolute atomic E-state index is 6.72. The zero-order valence-corrected chi connectivity index (χ0v) is 61.0. The van der Waals surface area contributed by atoms with Crippen molar-refractivity contribution in [3.63, 3.8) is 0 Å². The molecule has 0 radical (unpaired) electrons. The predicted octanol–water partition coefficient (Wildman–Crippen LogP) is 27.5. The highest BCUT2D eigenvalue weighted by Gasteiger charge is 2.24. The monoisotopic (exact) mass is 1440 g/mol. The molecule has 0 amide bonds. The zero-order chi connectivity index (χ0) is 74.5. The van der Waals surface area contributed by atoms with E-state index in [2.05, 4.69) is 353 Å². The standard InChI is InChI=1S/C52H32N4O.C52H33N3O/c1-3-15-33(16-4-1)49-51-50(54-52(53-49)34-17-5-2-6-18-34)43-31-35(27-28-48(43)57-51)36-29-37(55-44-23-11-7-19-39(44)40-20-8-12-24-45(40)55)32-38(30-36)56-46-25-13-9-21-41(46)42-22-10-14-26-47(42)56;1-2-16-37(17-3-1)52-53-49(36-19-12-18-34-14-4-6-22-41(34)42-23-7-5-15-35(42)28-29-36)51-50(54-52)45-33-39(30-31-48(45)56-51)38-20-13-21-40(32-38)55-46-26-10-8-24-43(46)44-25-9-11-27-47(44)55/h1-32H;1-33H. The molecule has 0 aliphatic carbocycles. The van der Waals surface area contributed by atoms with E-state index in [1.54, 1.807) is 0 Å². The molecule has 0 aliphatic heterocycles. The molecule has 9 heteroatoms. The summed E-state index contributed by atoms with van der Waals surface area (Å²) in [5.74, 6) is 1.31. The minimum atomic E-state index is 0.649. The smallest absolute Gasteiger partial charge is 0.180 e. The van der Waals surface area contributed by atoms with E-state index < -0.39 is 0 Å². The van der Waals surface area contributed by atoms with Gasteiger partial charge in [-0.15, -0.1) is 0 Å². The largest absolute Gasteiger partial charge is 0.452 e. The molecule has 9 nitrogen and oxygen atoms in total. The lowest BCUT2D eigenvalue weighted by atomic mass is 10.0. The number of fused-ring (bicyclic) bond motifs is 18. The SMILES string of the molecule is c1ccc(-c2nc(-c3cccc4ccccc4c4ccccc4cc3)c3oc4ccc(-c5cccc(-n6c7ccccc7c7ccccc76)c5)cc4c3n2)cc1.c1ccc(-c2nc(-c3ccccc3)c3oc4ccc(-c5cc(-n6c7ccccc7c7ccccc76)cc(-n6c7ccccc7c7ccccc76)c5)cc4c3n2)cc1. The first-order valence-electron chi connectivity index (χ1n) is 38.2. The van der Waals surface area contributed by atoms with Gasteiger partial charge < -0.3 is 22.5 Å².